The van der Waals surface area contributed by atoms with E-state index in [1.165, 1.54) is 3.57 Å². The number of carbonyl (C=O) groups is 1. The fourth-order valence-corrected chi connectivity index (χ4v) is 2.16. The smallest absolute Gasteiger partial charge is 0.228 e. The van der Waals surface area contributed by atoms with E-state index < -0.39 is 0 Å². The third-order valence-corrected chi connectivity index (χ3v) is 3.23. The summed E-state index contributed by atoms with van der Waals surface area (Å²) in [6.45, 7) is 0.626. The van der Waals surface area contributed by atoms with Gasteiger partial charge in [-0.3, -0.25) is 4.79 Å². The molecule has 2 rings (SSSR count). The van der Waals surface area contributed by atoms with Gasteiger partial charge in [0, 0.05) is 22.2 Å². The van der Waals surface area contributed by atoms with Gasteiger partial charge in [-0.2, -0.15) is 0 Å². The fourth-order valence-electron chi connectivity index (χ4n) is 1.53. The number of rotatable bonds is 1. The van der Waals surface area contributed by atoms with Crippen molar-refractivity contribution in [1.82, 2.24) is 0 Å². The van der Waals surface area contributed by atoms with Gasteiger partial charge in [0.2, 0.25) is 5.91 Å². The number of nitrogens with zero attached hydrogens (tertiary/aromatic N) is 1. The Balaban J connectivity index is 2.23. The van der Waals surface area contributed by atoms with E-state index in [0.717, 1.165) is 5.69 Å². The zero-order valence-electron chi connectivity index (χ0n) is 7.41. The summed E-state index contributed by atoms with van der Waals surface area (Å²) < 4.78 is 1.17. The molecule has 0 N–H and O–H groups in total. The van der Waals surface area contributed by atoms with Gasteiger partial charge in [-0.05, 0) is 46.9 Å². The Morgan fingerprint density at radius 1 is 1.36 bits per heavy atom. The van der Waals surface area contributed by atoms with Crippen LogP contribution in [0.5, 0.6) is 0 Å². The van der Waals surface area contributed by atoms with Crippen molar-refractivity contribution in [2.45, 2.75) is 11.8 Å². The first-order chi connectivity index (χ1) is 6.66. The van der Waals surface area contributed by atoms with Crippen LogP contribution in [0.25, 0.3) is 0 Å². The lowest BCUT2D eigenvalue weighted by atomic mass is 10.3. The van der Waals surface area contributed by atoms with E-state index in [-0.39, 0.29) is 11.3 Å². The van der Waals surface area contributed by atoms with Crippen LogP contribution in [-0.4, -0.2) is 17.8 Å². The van der Waals surface area contributed by atoms with E-state index >= 15 is 0 Å². The minimum atomic E-state index is -0.0400. The number of halogens is 2. The molecule has 1 atom stereocenters. The molecule has 1 unspecified atom stereocenters. The molecule has 4 heteroatoms. The van der Waals surface area contributed by atoms with Gasteiger partial charge in [-0.1, -0.05) is 0 Å². The molecule has 2 nitrogen and oxygen atoms in total. The summed E-state index contributed by atoms with van der Waals surface area (Å²) in [7, 11) is 0. The van der Waals surface area contributed by atoms with Gasteiger partial charge in [0.1, 0.15) is 0 Å². The lowest BCUT2D eigenvalue weighted by Crippen LogP contribution is -2.24. The van der Waals surface area contributed by atoms with Crippen molar-refractivity contribution in [1.29, 1.82) is 0 Å². The number of carbonyl (C=O) groups excluding carboxylic acids is 1. The Labute approximate surface area is 101 Å². The molecule has 1 aromatic carbocycles. The van der Waals surface area contributed by atoms with Crippen LogP contribution in [0, 0.1) is 3.57 Å². The monoisotopic (exact) mass is 321 g/mol. The predicted molar refractivity (Wildman–Crippen MR) is 65.8 cm³/mol. The zero-order chi connectivity index (χ0) is 10.1. The first kappa shape index (κ1) is 10.2. The average Bonchev–Trinajstić information content (AvgIpc) is 2.47. The summed E-state index contributed by atoms with van der Waals surface area (Å²) in [5.41, 5.74) is 0.943. The topological polar surface area (TPSA) is 20.3 Å². The summed E-state index contributed by atoms with van der Waals surface area (Å²) in [5.74, 6) is 0.117. The van der Waals surface area contributed by atoms with Gasteiger partial charge in [-0.15, -0.1) is 11.6 Å². The van der Waals surface area contributed by atoms with Crippen molar-refractivity contribution >= 4 is 45.8 Å². The van der Waals surface area contributed by atoms with Gasteiger partial charge in [0.15, 0.2) is 0 Å². The molecule has 1 aliphatic heterocycles. The maximum Gasteiger partial charge on any atom is 0.228 e. The molecule has 14 heavy (non-hydrogen) atoms. The third kappa shape index (κ3) is 2.03. The Kier molecular flexibility index (Phi) is 2.97. The highest BCUT2D eigenvalue weighted by Crippen LogP contribution is 2.24. The van der Waals surface area contributed by atoms with Crippen LogP contribution in [0.1, 0.15) is 6.42 Å². The van der Waals surface area contributed by atoms with Gasteiger partial charge in [0.05, 0.1) is 5.38 Å². The van der Waals surface area contributed by atoms with Crippen LogP contribution in [-0.2, 0) is 4.79 Å². The maximum absolute atomic E-state index is 11.5. The van der Waals surface area contributed by atoms with E-state index in [0.29, 0.717) is 13.0 Å². The molecule has 74 valence electrons. The van der Waals surface area contributed by atoms with Gasteiger partial charge in [-0.25, -0.2) is 0 Å². The average molecular weight is 322 g/mol. The lowest BCUT2D eigenvalue weighted by Gasteiger charge is -2.15. The van der Waals surface area contributed by atoms with Crippen molar-refractivity contribution in [3.05, 3.63) is 27.8 Å². The molecule has 1 fully saturated rings. The molecule has 0 radical (unpaired) electrons. The molecule has 1 amide bonds. The van der Waals surface area contributed by atoms with Crippen LogP contribution in [0.3, 0.4) is 0 Å². The van der Waals surface area contributed by atoms with E-state index in [9.17, 15) is 4.79 Å². The molecule has 0 aromatic heterocycles. The molecule has 0 spiro atoms. The largest absolute Gasteiger partial charge is 0.311 e. The van der Waals surface area contributed by atoms with Crippen molar-refractivity contribution in [3.8, 4) is 0 Å². The SMILES string of the molecule is O=C1CC(Cl)CN1c1ccc(I)cc1. The van der Waals surface area contributed by atoms with E-state index in [4.69, 9.17) is 11.6 Å². The number of anilines is 1. The second-order valence-electron chi connectivity index (χ2n) is 3.28. The third-order valence-electron chi connectivity index (χ3n) is 2.22. The Bertz CT molecular complexity index is 352. The number of hydrogen-bond donors (Lipinski definition) is 0. The number of benzene rings is 1. The molecule has 1 aromatic rings. The van der Waals surface area contributed by atoms with Gasteiger partial charge in [0.25, 0.3) is 0 Å². The van der Waals surface area contributed by atoms with Crippen LogP contribution in [0.2, 0.25) is 0 Å². The zero-order valence-corrected chi connectivity index (χ0v) is 10.3. The maximum atomic E-state index is 11.5. The molecule has 1 heterocycles. The van der Waals surface area contributed by atoms with Crippen LogP contribution >= 0.6 is 34.2 Å². The summed E-state index contributed by atoms with van der Waals surface area (Å²) in [5, 5.41) is -0.0400. The molecule has 1 aliphatic rings. The summed E-state index contributed by atoms with van der Waals surface area (Å²) in [4.78, 5) is 13.3. The number of hydrogen-bond acceptors (Lipinski definition) is 1. The second kappa shape index (κ2) is 4.06. The first-order valence-electron chi connectivity index (χ1n) is 4.37. The van der Waals surface area contributed by atoms with Crippen molar-refractivity contribution in [2.24, 2.45) is 0 Å². The molecule has 1 saturated heterocycles. The van der Waals surface area contributed by atoms with E-state index in [2.05, 4.69) is 22.6 Å². The highest BCUT2D eigenvalue weighted by Gasteiger charge is 2.28. The van der Waals surface area contributed by atoms with Crippen LogP contribution < -0.4 is 4.90 Å². The second-order valence-corrected chi connectivity index (χ2v) is 5.15. The Morgan fingerprint density at radius 3 is 2.50 bits per heavy atom. The van der Waals surface area contributed by atoms with Crippen molar-refractivity contribution in [2.75, 3.05) is 11.4 Å². The van der Waals surface area contributed by atoms with Crippen LogP contribution in [0.15, 0.2) is 24.3 Å². The quantitative estimate of drug-likeness (QED) is 0.575. The molecule has 0 saturated carbocycles. The van der Waals surface area contributed by atoms with Crippen LogP contribution in [0.4, 0.5) is 5.69 Å². The molecule has 0 aliphatic carbocycles. The van der Waals surface area contributed by atoms with Crippen molar-refractivity contribution in [3.63, 3.8) is 0 Å². The standard InChI is InChI=1S/C10H9ClINO/c11-7-5-10(14)13(6-7)9-3-1-8(12)2-4-9/h1-4,7H,5-6H2. The van der Waals surface area contributed by atoms with E-state index in [1.807, 2.05) is 24.3 Å². The Morgan fingerprint density at radius 2 is 2.00 bits per heavy atom. The van der Waals surface area contributed by atoms with Crippen molar-refractivity contribution < 1.29 is 4.79 Å². The molecular formula is C10H9ClINO. The number of alkyl halides is 1. The predicted octanol–water partition coefficient (Wildman–Crippen LogP) is 2.64. The fraction of sp³-hybridized carbons (Fsp3) is 0.300. The molecular weight excluding hydrogens is 312 g/mol. The first-order valence-corrected chi connectivity index (χ1v) is 5.88. The minimum Gasteiger partial charge on any atom is -0.311 e. The summed E-state index contributed by atoms with van der Waals surface area (Å²) in [6.07, 6.45) is 0.452. The highest BCUT2D eigenvalue weighted by molar-refractivity contribution is 14.1. The van der Waals surface area contributed by atoms with Gasteiger partial charge >= 0.3 is 0 Å². The van der Waals surface area contributed by atoms with Gasteiger partial charge < -0.3 is 4.90 Å². The summed E-state index contributed by atoms with van der Waals surface area (Å²) in [6, 6.07) is 7.89. The van der Waals surface area contributed by atoms with E-state index in [1.54, 1.807) is 4.90 Å². The summed E-state index contributed by atoms with van der Waals surface area (Å²) >= 11 is 8.16. The lowest BCUT2D eigenvalue weighted by molar-refractivity contribution is -0.117. The normalized spacial score (nSPS) is 21.7. The molecule has 0 bridgehead atoms. The minimum absolute atomic E-state index is 0.0400. The number of amides is 1. The Hall–Kier alpha value is -0.290. The highest BCUT2D eigenvalue weighted by atomic mass is 127.